The van der Waals surface area contributed by atoms with Gasteiger partial charge in [0.05, 0.1) is 12.6 Å². The molecule has 0 bridgehead atoms. The highest BCUT2D eigenvalue weighted by molar-refractivity contribution is 9.10. The van der Waals surface area contributed by atoms with Crippen LogP contribution in [0.15, 0.2) is 40.6 Å². The van der Waals surface area contributed by atoms with Gasteiger partial charge in [-0.05, 0) is 30.2 Å². The second-order valence-electron chi connectivity index (χ2n) is 3.68. The van der Waals surface area contributed by atoms with Gasteiger partial charge in [0.2, 0.25) is 0 Å². The number of benzene rings is 1. The van der Waals surface area contributed by atoms with E-state index in [0.29, 0.717) is 0 Å². The first-order valence-electron chi connectivity index (χ1n) is 5.08. The average molecular weight is 268 g/mol. The van der Waals surface area contributed by atoms with Crippen molar-refractivity contribution >= 4 is 15.9 Å². The van der Waals surface area contributed by atoms with Crippen molar-refractivity contribution in [1.82, 2.24) is 0 Å². The van der Waals surface area contributed by atoms with Gasteiger partial charge in [0, 0.05) is 10.9 Å². The summed E-state index contributed by atoms with van der Waals surface area (Å²) in [5, 5.41) is 0. The Morgan fingerprint density at radius 3 is 2.67 bits per heavy atom. The van der Waals surface area contributed by atoms with Crippen molar-refractivity contribution in [2.75, 3.05) is 6.61 Å². The molecule has 3 heteroatoms. The minimum Gasteiger partial charge on any atom is -0.496 e. The molecule has 0 amide bonds. The molecule has 0 fully saturated rings. The number of hydrogen-bond donors (Lipinski definition) is 1. The Balaban J connectivity index is 1.99. The van der Waals surface area contributed by atoms with Gasteiger partial charge in [-0.2, -0.15) is 0 Å². The van der Waals surface area contributed by atoms with Crippen LogP contribution in [0, 0.1) is 0 Å². The Bertz CT molecular complexity index is 358. The summed E-state index contributed by atoms with van der Waals surface area (Å²) >= 11 is 3.41. The highest BCUT2D eigenvalue weighted by Crippen LogP contribution is 2.17. The summed E-state index contributed by atoms with van der Waals surface area (Å²) < 4.78 is 6.53. The normalized spacial score (nSPS) is 17.1. The Labute approximate surface area is 98.2 Å². The van der Waals surface area contributed by atoms with Crippen LogP contribution in [0.3, 0.4) is 0 Å². The van der Waals surface area contributed by atoms with Crippen molar-refractivity contribution in [1.29, 1.82) is 0 Å². The standard InChI is InChI=1S/C12H14BrNO/c13-10-5-3-9(4-6-10)8-11(14)12-2-1-7-15-12/h2-6,11H,1,7-8,14H2. The van der Waals surface area contributed by atoms with Gasteiger partial charge in [0.1, 0.15) is 5.76 Å². The lowest BCUT2D eigenvalue weighted by Gasteiger charge is -2.13. The summed E-state index contributed by atoms with van der Waals surface area (Å²) in [4.78, 5) is 0. The van der Waals surface area contributed by atoms with E-state index in [1.165, 1.54) is 5.56 Å². The fourth-order valence-electron chi connectivity index (χ4n) is 1.67. The zero-order valence-corrected chi connectivity index (χ0v) is 10.0. The molecular weight excluding hydrogens is 254 g/mol. The maximum atomic E-state index is 6.04. The van der Waals surface area contributed by atoms with E-state index in [4.69, 9.17) is 10.5 Å². The Morgan fingerprint density at radius 2 is 2.07 bits per heavy atom. The third-order valence-corrected chi connectivity index (χ3v) is 3.00. The van der Waals surface area contributed by atoms with Crippen LogP contribution in [-0.4, -0.2) is 12.6 Å². The first kappa shape index (κ1) is 10.7. The van der Waals surface area contributed by atoms with Crippen molar-refractivity contribution in [3.63, 3.8) is 0 Å². The van der Waals surface area contributed by atoms with Crippen molar-refractivity contribution in [3.8, 4) is 0 Å². The summed E-state index contributed by atoms with van der Waals surface area (Å²) in [5.41, 5.74) is 7.28. The van der Waals surface area contributed by atoms with Gasteiger partial charge in [-0.25, -0.2) is 0 Å². The molecule has 0 spiro atoms. The lowest BCUT2D eigenvalue weighted by atomic mass is 10.1. The van der Waals surface area contributed by atoms with Crippen molar-refractivity contribution < 1.29 is 4.74 Å². The Morgan fingerprint density at radius 1 is 1.33 bits per heavy atom. The summed E-state index contributed by atoms with van der Waals surface area (Å²) in [5.74, 6) is 0.943. The molecule has 1 atom stereocenters. The highest BCUT2D eigenvalue weighted by atomic mass is 79.9. The predicted molar refractivity (Wildman–Crippen MR) is 64.5 cm³/mol. The largest absolute Gasteiger partial charge is 0.496 e. The Kier molecular flexibility index (Phi) is 3.44. The van der Waals surface area contributed by atoms with Crippen LogP contribution >= 0.6 is 15.9 Å². The van der Waals surface area contributed by atoms with Crippen LogP contribution in [0.5, 0.6) is 0 Å². The van der Waals surface area contributed by atoms with E-state index >= 15 is 0 Å². The molecule has 1 aromatic rings. The predicted octanol–water partition coefficient (Wildman–Crippen LogP) is 2.62. The minimum absolute atomic E-state index is 0.00586. The molecule has 0 saturated carbocycles. The second-order valence-corrected chi connectivity index (χ2v) is 4.60. The number of hydrogen-bond acceptors (Lipinski definition) is 2. The van der Waals surface area contributed by atoms with Crippen LogP contribution in [0.25, 0.3) is 0 Å². The minimum atomic E-state index is -0.00586. The third kappa shape index (κ3) is 2.83. The van der Waals surface area contributed by atoms with Crippen LogP contribution in [0.1, 0.15) is 12.0 Å². The van der Waals surface area contributed by atoms with Gasteiger partial charge in [0.25, 0.3) is 0 Å². The molecule has 1 aromatic carbocycles. The smallest absolute Gasteiger partial charge is 0.109 e. The van der Waals surface area contributed by atoms with Gasteiger partial charge >= 0.3 is 0 Å². The average Bonchev–Trinajstić information content (AvgIpc) is 2.74. The zero-order valence-electron chi connectivity index (χ0n) is 8.45. The summed E-state index contributed by atoms with van der Waals surface area (Å²) in [6.07, 6.45) is 3.91. The molecule has 2 rings (SSSR count). The number of halogens is 1. The molecule has 0 aromatic heterocycles. The summed E-state index contributed by atoms with van der Waals surface area (Å²) in [7, 11) is 0. The van der Waals surface area contributed by atoms with E-state index in [-0.39, 0.29) is 6.04 Å². The van der Waals surface area contributed by atoms with Gasteiger partial charge < -0.3 is 10.5 Å². The molecule has 1 heterocycles. The quantitative estimate of drug-likeness (QED) is 0.914. The van der Waals surface area contributed by atoms with E-state index in [2.05, 4.69) is 34.1 Å². The molecule has 2 nitrogen and oxygen atoms in total. The van der Waals surface area contributed by atoms with E-state index in [0.717, 1.165) is 29.7 Å². The van der Waals surface area contributed by atoms with Crippen LogP contribution in [-0.2, 0) is 11.2 Å². The van der Waals surface area contributed by atoms with Gasteiger partial charge in [-0.15, -0.1) is 0 Å². The first-order valence-corrected chi connectivity index (χ1v) is 5.88. The topological polar surface area (TPSA) is 35.2 Å². The van der Waals surface area contributed by atoms with Gasteiger partial charge in [-0.1, -0.05) is 28.1 Å². The molecule has 0 aliphatic carbocycles. The van der Waals surface area contributed by atoms with Crippen LogP contribution in [0.4, 0.5) is 0 Å². The summed E-state index contributed by atoms with van der Waals surface area (Å²) in [6.45, 7) is 0.781. The first-order chi connectivity index (χ1) is 7.25. The monoisotopic (exact) mass is 267 g/mol. The molecule has 0 saturated heterocycles. The highest BCUT2D eigenvalue weighted by Gasteiger charge is 2.14. The fourth-order valence-corrected chi connectivity index (χ4v) is 1.93. The van der Waals surface area contributed by atoms with Gasteiger partial charge in [0.15, 0.2) is 0 Å². The summed E-state index contributed by atoms with van der Waals surface area (Å²) in [6, 6.07) is 8.23. The molecular formula is C12H14BrNO. The number of nitrogens with two attached hydrogens (primary N) is 1. The van der Waals surface area contributed by atoms with E-state index in [9.17, 15) is 0 Å². The maximum Gasteiger partial charge on any atom is 0.109 e. The van der Waals surface area contributed by atoms with E-state index in [1.54, 1.807) is 0 Å². The van der Waals surface area contributed by atoms with Crippen molar-refractivity contribution in [2.45, 2.75) is 18.9 Å². The fraction of sp³-hybridized carbons (Fsp3) is 0.333. The zero-order chi connectivity index (χ0) is 10.7. The molecule has 1 unspecified atom stereocenters. The second kappa shape index (κ2) is 4.81. The molecule has 1 aliphatic rings. The molecule has 2 N–H and O–H groups in total. The molecule has 15 heavy (non-hydrogen) atoms. The molecule has 0 radical (unpaired) electrons. The van der Waals surface area contributed by atoms with Gasteiger partial charge in [-0.3, -0.25) is 0 Å². The van der Waals surface area contributed by atoms with Crippen molar-refractivity contribution in [3.05, 3.63) is 46.1 Å². The van der Waals surface area contributed by atoms with E-state index in [1.807, 2.05) is 12.1 Å². The lowest BCUT2D eigenvalue weighted by Crippen LogP contribution is -2.25. The maximum absolute atomic E-state index is 6.04. The number of ether oxygens (including phenoxy) is 1. The lowest BCUT2D eigenvalue weighted by molar-refractivity contribution is 0.224. The Hall–Kier alpha value is -0.800. The van der Waals surface area contributed by atoms with Crippen LogP contribution in [0.2, 0.25) is 0 Å². The van der Waals surface area contributed by atoms with Crippen molar-refractivity contribution in [2.24, 2.45) is 5.73 Å². The van der Waals surface area contributed by atoms with E-state index < -0.39 is 0 Å². The molecule has 80 valence electrons. The van der Waals surface area contributed by atoms with Crippen LogP contribution < -0.4 is 5.73 Å². The molecule has 1 aliphatic heterocycles. The number of rotatable bonds is 3. The third-order valence-electron chi connectivity index (χ3n) is 2.47. The SMILES string of the molecule is NC(Cc1ccc(Br)cc1)C1=CCCO1.